The molecule has 1 aliphatic rings. The molecule has 0 spiro atoms. The fourth-order valence-corrected chi connectivity index (χ4v) is 2.94. The van der Waals surface area contributed by atoms with Crippen molar-refractivity contribution in [3.8, 4) is 0 Å². The van der Waals surface area contributed by atoms with Crippen LogP contribution in [0.15, 0.2) is 36.9 Å². The highest BCUT2D eigenvalue weighted by molar-refractivity contribution is 5.90. The Bertz CT molecular complexity index is 709. The number of hydrogen-bond donors (Lipinski definition) is 1. The Kier molecular flexibility index (Phi) is 7.00. The number of carbonyl (C=O) groups excluding carboxylic acids is 2. The third-order valence-corrected chi connectivity index (χ3v) is 4.27. The summed E-state index contributed by atoms with van der Waals surface area (Å²) >= 11 is 0. The van der Waals surface area contributed by atoms with E-state index in [9.17, 15) is 27.2 Å². The van der Waals surface area contributed by atoms with Crippen molar-refractivity contribution in [2.75, 3.05) is 31.6 Å². The van der Waals surface area contributed by atoms with Gasteiger partial charge in [0.2, 0.25) is 5.91 Å². The zero-order chi connectivity index (χ0) is 20.9. The van der Waals surface area contributed by atoms with Gasteiger partial charge in [0, 0.05) is 25.3 Å². The van der Waals surface area contributed by atoms with E-state index in [1.165, 1.54) is 41.2 Å². The zero-order valence-electron chi connectivity index (χ0n) is 15.2. The number of alkyl halides is 4. The SMILES string of the molecule is C=CC(=O)NC1CN(CCC(F)(F)F)CC(F)N1c1ccc(C(=O)OC)cc1. The highest BCUT2D eigenvalue weighted by Gasteiger charge is 2.37. The summed E-state index contributed by atoms with van der Waals surface area (Å²) in [7, 11) is 1.23. The summed E-state index contributed by atoms with van der Waals surface area (Å²) in [6, 6.07) is 5.85. The number of halogens is 4. The predicted octanol–water partition coefficient (Wildman–Crippen LogP) is 2.47. The van der Waals surface area contributed by atoms with Crippen LogP contribution in [0.2, 0.25) is 0 Å². The van der Waals surface area contributed by atoms with Crippen molar-refractivity contribution in [3.63, 3.8) is 0 Å². The second-order valence-corrected chi connectivity index (χ2v) is 6.23. The molecule has 0 aromatic heterocycles. The smallest absolute Gasteiger partial charge is 0.390 e. The average molecular weight is 403 g/mol. The number of benzene rings is 1. The largest absolute Gasteiger partial charge is 0.465 e. The normalized spacial score (nSPS) is 20.5. The van der Waals surface area contributed by atoms with Crippen LogP contribution in [0, 0.1) is 0 Å². The minimum Gasteiger partial charge on any atom is -0.465 e. The van der Waals surface area contributed by atoms with E-state index in [1.807, 2.05) is 0 Å². The fourth-order valence-electron chi connectivity index (χ4n) is 2.94. The van der Waals surface area contributed by atoms with Gasteiger partial charge in [0.1, 0.15) is 6.17 Å². The van der Waals surface area contributed by atoms with Crippen molar-refractivity contribution in [2.24, 2.45) is 0 Å². The molecule has 1 amide bonds. The van der Waals surface area contributed by atoms with Crippen LogP contribution in [0.25, 0.3) is 0 Å². The molecule has 28 heavy (non-hydrogen) atoms. The van der Waals surface area contributed by atoms with Gasteiger partial charge in [-0.05, 0) is 30.3 Å². The minimum atomic E-state index is -4.35. The highest BCUT2D eigenvalue weighted by Crippen LogP contribution is 2.27. The summed E-state index contributed by atoms with van der Waals surface area (Å²) in [5.74, 6) is -1.14. The maximum absolute atomic E-state index is 14.9. The lowest BCUT2D eigenvalue weighted by Gasteiger charge is -2.45. The van der Waals surface area contributed by atoms with Gasteiger partial charge in [0.15, 0.2) is 6.30 Å². The number of ether oxygens (including phenoxy) is 1. The molecule has 1 fully saturated rings. The van der Waals surface area contributed by atoms with Crippen molar-refractivity contribution in [1.29, 1.82) is 0 Å². The van der Waals surface area contributed by atoms with Gasteiger partial charge in [-0.25, -0.2) is 9.18 Å². The zero-order valence-corrected chi connectivity index (χ0v) is 15.2. The number of methoxy groups -OCH3 is 1. The Morgan fingerprint density at radius 2 is 1.93 bits per heavy atom. The van der Waals surface area contributed by atoms with E-state index in [4.69, 9.17) is 0 Å². The first-order valence-corrected chi connectivity index (χ1v) is 8.47. The second kappa shape index (κ2) is 9.05. The van der Waals surface area contributed by atoms with Crippen LogP contribution in [0.4, 0.5) is 23.2 Å². The Morgan fingerprint density at radius 3 is 2.46 bits per heavy atom. The van der Waals surface area contributed by atoms with E-state index in [2.05, 4.69) is 16.6 Å². The van der Waals surface area contributed by atoms with E-state index in [0.717, 1.165) is 6.08 Å². The van der Waals surface area contributed by atoms with Crippen molar-refractivity contribution in [2.45, 2.75) is 25.1 Å². The van der Waals surface area contributed by atoms with Gasteiger partial charge >= 0.3 is 12.1 Å². The van der Waals surface area contributed by atoms with Gasteiger partial charge in [-0.2, -0.15) is 13.2 Å². The van der Waals surface area contributed by atoms with Crippen LogP contribution >= 0.6 is 0 Å². The van der Waals surface area contributed by atoms with Crippen LogP contribution in [-0.2, 0) is 9.53 Å². The van der Waals surface area contributed by atoms with E-state index in [-0.39, 0.29) is 25.2 Å². The molecule has 0 aliphatic carbocycles. The summed E-state index contributed by atoms with van der Waals surface area (Å²) in [6.45, 7) is 2.70. The number of amides is 1. The monoisotopic (exact) mass is 403 g/mol. The molecule has 1 aromatic rings. The summed E-state index contributed by atoms with van der Waals surface area (Å²) in [5, 5.41) is 2.54. The molecular formula is C18H21F4N3O3. The van der Waals surface area contributed by atoms with E-state index >= 15 is 0 Å². The van der Waals surface area contributed by atoms with Gasteiger partial charge in [0.05, 0.1) is 19.1 Å². The Labute approximate surface area is 159 Å². The molecule has 0 radical (unpaired) electrons. The van der Waals surface area contributed by atoms with Gasteiger partial charge < -0.3 is 15.0 Å². The predicted molar refractivity (Wildman–Crippen MR) is 94.4 cm³/mol. The number of rotatable bonds is 6. The molecule has 2 rings (SSSR count). The van der Waals surface area contributed by atoms with E-state index in [0.29, 0.717) is 5.69 Å². The second-order valence-electron chi connectivity index (χ2n) is 6.23. The summed E-state index contributed by atoms with van der Waals surface area (Å²) in [4.78, 5) is 25.8. The van der Waals surface area contributed by atoms with Crippen LogP contribution in [0.3, 0.4) is 0 Å². The first-order valence-electron chi connectivity index (χ1n) is 8.47. The quantitative estimate of drug-likeness (QED) is 0.342. The number of esters is 1. The average Bonchev–Trinajstić information content (AvgIpc) is 2.65. The first-order chi connectivity index (χ1) is 13.1. The number of nitrogens with one attached hydrogen (secondary N) is 1. The Hall–Kier alpha value is -2.62. The standard InChI is InChI=1S/C18H21F4N3O3/c1-3-16(26)23-15-11-24(9-8-18(20,21)22)10-14(19)25(15)13-6-4-12(5-7-13)17(27)28-2/h3-7,14-15H,1,8-11H2,2H3,(H,23,26). The van der Waals surface area contributed by atoms with Crippen molar-refractivity contribution in [1.82, 2.24) is 10.2 Å². The molecule has 1 aromatic carbocycles. The number of carbonyl (C=O) groups is 2. The van der Waals surface area contributed by atoms with Gasteiger partial charge in [0.25, 0.3) is 0 Å². The van der Waals surface area contributed by atoms with E-state index in [1.54, 1.807) is 0 Å². The third kappa shape index (κ3) is 5.69. The lowest BCUT2D eigenvalue weighted by molar-refractivity contribution is -0.139. The first kappa shape index (κ1) is 21.7. The number of nitrogens with zero attached hydrogens (tertiary/aromatic N) is 2. The minimum absolute atomic E-state index is 0.00513. The van der Waals surface area contributed by atoms with Gasteiger partial charge in [-0.1, -0.05) is 6.58 Å². The number of piperazine rings is 1. The van der Waals surface area contributed by atoms with E-state index < -0.39 is 36.9 Å². The molecular weight excluding hydrogens is 382 g/mol. The van der Waals surface area contributed by atoms with Gasteiger partial charge in [-0.15, -0.1) is 0 Å². The topological polar surface area (TPSA) is 61.9 Å². The fraction of sp³-hybridized carbons (Fsp3) is 0.444. The van der Waals surface area contributed by atoms with Crippen LogP contribution in [0.1, 0.15) is 16.8 Å². The van der Waals surface area contributed by atoms with Crippen LogP contribution in [-0.4, -0.2) is 62.2 Å². The Morgan fingerprint density at radius 1 is 1.29 bits per heavy atom. The number of anilines is 1. The van der Waals surface area contributed by atoms with Crippen molar-refractivity contribution < 1.29 is 31.9 Å². The maximum atomic E-state index is 14.9. The van der Waals surface area contributed by atoms with Crippen LogP contribution in [0.5, 0.6) is 0 Å². The highest BCUT2D eigenvalue weighted by atomic mass is 19.4. The molecule has 1 saturated heterocycles. The van der Waals surface area contributed by atoms with Crippen molar-refractivity contribution >= 4 is 17.6 Å². The summed E-state index contributed by atoms with van der Waals surface area (Å²) in [6.07, 6.45) is -7.00. The molecule has 154 valence electrons. The lowest BCUT2D eigenvalue weighted by atomic mass is 10.1. The molecule has 0 saturated carbocycles. The molecule has 0 bridgehead atoms. The molecule has 1 aliphatic heterocycles. The van der Waals surface area contributed by atoms with Crippen LogP contribution < -0.4 is 10.2 Å². The molecule has 2 unspecified atom stereocenters. The molecule has 1 N–H and O–H groups in total. The van der Waals surface area contributed by atoms with Crippen molar-refractivity contribution in [3.05, 3.63) is 42.5 Å². The summed E-state index contributed by atoms with van der Waals surface area (Å²) in [5.41, 5.74) is 0.627. The molecule has 1 heterocycles. The Balaban J connectivity index is 2.21. The summed E-state index contributed by atoms with van der Waals surface area (Å²) < 4.78 is 56.9. The molecule has 2 atom stereocenters. The molecule has 10 heteroatoms. The molecule has 6 nitrogen and oxygen atoms in total. The maximum Gasteiger partial charge on any atom is 0.390 e. The van der Waals surface area contributed by atoms with Gasteiger partial charge in [-0.3, -0.25) is 9.69 Å². The number of hydrogen-bond acceptors (Lipinski definition) is 5. The third-order valence-electron chi connectivity index (χ3n) is 4.27. The lowest BCUT2D eigenvalue weighted by Crippen LogP contribution is -2.63.